The number of rotatable bonds is 6. The second-order valence-electron chi connectivity index (χ2n) is 8.15. The van der Waals surface area contributed by atoms with Gasteiger partial charge in [0.15, 0.2) is 0 Å². The molecular formula is C23H21N5O4S2. The molecule has 0 bridgehead atoms. The topological polar surface area (TPSA) is 115 Å². The fraction of sp³-hybridized carbons (Fsp3) is 0.261. The highest BCUT2D eigenvalue weighted by Gasteiger charge is 2.49. The Morgan fingerprint density at radius 2 is 1.74 bits per heavy atom. The maximum Gasteiger partial charge on any atom is 0.243 e. The van der Waals surface area contributed by atoms with Crippen LogP contribution in [-0.2, 0) is 19.5 Å². The zero-order valence-corrected chi connectivity index (χ0v) is 19.5. The summed E-state index contributed by atoms with van der Waals surface area (Å²) < 4.78 is 41.1. The lowest BCUT2D eigenvalue weighted by molar-refractivity contribution is 0.0690. The highest BCUT2D eigenvalue weighted by Crippen LogP contribution is 2.31. The third-order valence-electron chi connectivity index (χ3n) is 5.99. The van der Waals surface area contributed by atoms with Gasteiger partial charge in [0.2, 0.25) is 16.0 Å². The Bertz CT molecular complexity index is 1430. The molecule has 0 saturated carbocycles. The number of hydrogen-bond donors (Lipinski definition) is 2. The third kappa shape index (κ3) is 3.95. The van der Waals surface area contributed by atoms with E-state index in [1.807, 2.05) is 35.7 Å². The zero-order chi connectivity index (χ0) is 23.1. The molecule has 2 N–H and O–H groups in total. The number of para-hydroxylation sites is 1. The van der Waals surface area contributed by atoms with Crippen LogP contribution in [0.1, 0.15) is 0 Å². The summed E-state index contributed by atoms with van der Waals surface area (Å²) in [5.41, 5.74) is 1.27. The first kappa shape index (κ1) is 21.6. The average Bonchev–Trinajstić information content (AvgIpc) is 3.60. The van der Waals surface area contributed by atoms with Gasteiger partial charge in [0.25, 0.3) is 0 Å². The first-order chi connectivity index (χ1) is 16.6. The number of sulfonamides is 1. The lowest BCUT2D eigenvalue weighted by atomic mass is 10.1. The van der Waals surface area contributed by atoms with E-state index in [2.05, 4.69) is 25.0 Å². The molecule has 4 aromatic rings. The molecule has 0 amide bonds. The molecule has 2 saturated heterocycles. The van der Waals surface area contributed by atoms with Gasteiger partial charge in [-0.1, -0.05) is 24.3 Å². The van der Waals surface area contributed by atoms with Crippen molar-refractivity contribution in [2.24, 2.45) is 0 Å². The van der Waals surface area contributed by atoms with Gasteiger partial charge < -0.3 is 14.8 Å². The molecule has 174 valence electrons. The van der Waals surface area contributed by atoms with Gasteiger partial charge in [-0.25, -0.2) is 23.1 Å². The molecular weight excluding hydrogens is 474 g/mol. The van der Waals surface area contributed by atoms with E-state index in [-0.39, 0.29) is 23.6 Å². The summed E-state index contributed by atoms with van der Waals surface area (Å²) in [6, 6.07) is 13.9. The number of thiophene rings is 1. The van der Waals surface area contributed by atoms with Gasteiger partial charge >= 0.3 is 0 Å². The van der Waals surface area contributed by atoms with Crippen molar-refractivity contribution in [3.8, 4) is 10.6 Å². The number of hydrogen-bond acceptors (Lipinski definition) is 9. The van der Waals surface area contributed by atoms with Gasteiger partial charge in [0.1, 0.15) is 17.1 Å². The van der Waals surface area contributed by atoms with Crippen LogP contribution in [0.2, 0.25) is 0 Å². The molecule has 5 heterocycles. The first-order valence-corrected chi connectivity index (χ1v) is 13.2. The number of nitrogens with one attached hydrogen (secondary N) is 2. The van der Waals surface area contributed by atoms with Crippen molar-refractivity contribution < 1.29 is 17.9 Å². The van der Waals surface area contributed by atoms with Gasteiger partial charge in [0.05, 0.1) is 41.4 Å². The minimum atomic E-state index is -3.83. The van der Waals surface area contributed by atoms with E-state index in [0.717, 1.165) is 16.0 Å². The van der Waals surface area contributed by atoms with E-state index in [4.69, 9.17) is 9.47 Å². The summed E-state index contributed by atoms with van der Waals surface area (Å²) in [5.74, 6) is 0.481. The average molecular weight is 496 g/mol. The van der Waals surface area contributed by atoms with Crippen molar-refractivity contribution in [2.45, 2.75) is 29.2 Å². The molecule has 9 nitrogen and oxygen atoms in total. The Kier molecular flexibility index (Phi) is 5.50. The Hall–Kier alpha value is -2.96. The van der Waals surface area contributed by atoms with E-state index >= 15 is 0 Å². The lowest BCUT2D eigenvalue weighted by Gasteiger charge is -2.19. The van der Waals surface area contributed by atoms with Crippen LogP contribution in [0.5, 0.6) is 0 Å². The number of benzene rings is 1. The molecule has 34 heavy (non-hydrogen) atoms. The van der Waals surface area contributed by atoms with Crippen molar-refractivity contribution in [3.05, 3.63) is 66.3 Å². The fourth-order valence-corrected chi connectivity index (χ4v) is 6.54. The Labute approximate surface area is 200 Å². The molecule has 4 atom stereocenters. The molecule has 11 heteroatoms. The van der Waals surface area contributed by atoms with Crippen LogP contribution in [0.4, 0.5) is 5.95 Å². The SMILES string of the molecule is O=S(=O)(N[C@H]1CO[C@H]2[C@@H]1OC[C@@H]2Nc1nccc(-c2cccs2)n1)c1cccc2cccnc12. The predicted octanol–water partition coefficient (Wildman–Crippen LogP) is 2.68. The fourth-order valence-electron chi connectivity index (χ4n) is 4.44. The minimum Gasteiger partial charge on any atom is -0.371 e. The van der Waals surface area contributed by atoms with Crippen molar-refractivity contribution in [1.29, 1.82) is 0 Å². The summed E-state index contributed by atoms with van der Waals surface area (Å²) in [6.45, 7) is 0.566. The van der Waals surface area contributed by atoms with Gasteiger partial charge in [0, 0.05) is 17.8 Å². The number of ether oxygens (including phenoxy) is 2. The molecule has 2 fully saturated rings. The molecule has 2 aliphatic heterocycles. The van der Waals surface area contributed by atoms with E-state index < -0.39 is 22.2 Å². The van der Waals surface area contributed by atoms with Crippen LogP contribution in [0, 0.1) is 0 Å². The van der Waals surface area contributed by atoms with Crippen molar-refractivity contribution >= 4 is 38.2 Å². The summed E-state index contributed by atoms with van der Waals surface area (Å²) in [4.78, 5) is 14.4. The number of anilines is 1. The number of fused-ring (bicyclic) bond motifs is 2. The largest absolute Gasteiger partial charge is 0.371 e. The molecule has 6 rings (SSSR count). The molecule has 1 aromatic carbocycles. The van der Waals surface area contributed by atoms with Gasteiger partial charge in [-0.3, -0.25) is 4.98 Å². The summed E-state index contributed by atoms with van der Waals surface area (Å²) >= 11 is 1.61. The highest BCUT2D eigenvalue weighted by atomic mass is 32.2. The zero-order valence-electron chi connectivity index (χ0n) is 17.9. The molecule has 0 unspecified atom stereocenters. The molecule has 3 aromatic heterocycles. The lowest BCUT2D eigenvalue weighted by Crippen LogP contribution is -2.44. The number of nitrogens with zero attached hydrogens (tertiary/aromatic N) is 3. The van der Waals surface area contributed by atoms with Crippen LogP contribution in [-0.4, -0.2) is 60.9 Å². The quantitative estimate of drug-likeness (QED) is 0.420. The van der Waals surface area contributed by atoms with Crippen LogP contribution in [0.3, 0.4) is 0 Å². The van der Waals surface area contributed by atoms with Gasteiger partial charge in [-0.15, -0.1) is 11.3 Å². The van der Waals surface area contributed by atoms with Gasteiger partial charge in [-0.2, -0.15) is 0 Å². The van der Waals surface area contributed by atoms with Crippen LogP contribution >= 0.6 is 11.3 Å². The van der Waals surface area contributed by atoms with E-state index in [9.17, 15) is 8.42 Å². The predicted molar refractivity (Wildman–Crippen MR) is 128 cm³/mol. The van der Waals surface area contributed by atoms with Crippen LogP contribution in [0.15, 0.2) is 71.2 Å². The third-order valence-corrected chi connectivity index (χ3v) is 8.40. The number of pyridine rings is 1. The maximum absolute atomic E-state index is 13.2. The van der Waals surface area contributed by atoms with Crippen LogP contribution in [0.25, 0.3) is 21.5 Å². The smallest absolute Gasteiger partial charge is 0.243 e. The molecule has 0 radical (unpaired) electrons. The van der Waals surface area contributed by atoms with E-state index in [1.54, 1.807) is 41.9 Å². The highest BCUT2D eigenvalue weighted by molar-refractivity contribution is 7.89. The van der Waals surface area contributed by atoms with Crippen molar-refractivity contribution in [1.82, 2.24) is 19.7 Å². The number of aromatic nitrogens is 3. The Morgan fingerprint density at radius 1 is 0.912 bits per heavy atom. The maximum atomic E-state index is 13.2. The summed E-state index contributed by atoms with van der Waals surface area (Å²) in [6.07, 6.45) is 2.55. The Morgan fingerprint density at radius 3 is 2.59 bits per heavy atom. The monoisotopic (exact) mass is 495 g/mol. The second kappa shape index (κ2) is 8.67. The molecule has 2 aliphatic rings. The summed E-state index contributed by atoms with van der Waals surface area (Å²) in [5, 5.41) is 6.06. The Balaban J connectivity index is 1.17. The van der Waals surface area contributed by atoms with Gasteiger partial charge in [-0.05, 0) is 29.6 Å². The molecule has 0 spiro atoms. The second-order valence-corrected chi connectivity index (χ2v) is 10.8. The molecule has 0 aliphatic carbocycles. The van der Waals surface area contributed by atoms with Crippen molar-refractivity contribution in [2.75, 3.05) is 18.5 Å². The van der Waals surface area contributed by atoms with E-state index in [0.29, 0.717) is 18.1 Å². The summed E-state index contributed by atoms with van der Waals surface area (Å²) in [7, 11) is -3.83. The normalized spacial score (nSPS) is 24.4. The first-order valence-electron chi connectivity index (χ1n) is 10.8. The van der Waals surface area contributed by atoms with Crippen LogP contribution < -0.4 is 10.0 Å². The van der Waals surface area contributed by atoms with Crippen molar-refractivity contribution in [3.63, 3.8) is 0 Å². The minimum absolute atomic E-state index is 0.139. The van der Waals surface area contributed by atoms with E-state index in [1.165, 1.54) is 0 Å². The standard InChI is InChI=1S/C23H21N5O4S2/c29-34(30,19-7-1-4-14-5-2-9-24-20(14)19)28-17-13-32-21-16(12-31-22(17)21)27-23-25-10-8-15(26-23)18-6-3-11-33-18/h1-11,16-17,21-22,28H,12-13H2,(H,25,26,27)/t16-,17-,21+,22+/m0/s1.